The van der Waals surface area contributed by atoms with Crippen molar-refractivity contribution in [2.24, 2.45) is 11.8 Å². The fourth-order valence-corrected chi connectivity index (χ4v) is 5.76. The number of carbonyl (C=O) groups excluding carboxylic acids is 2. The Bertz CT molecular complexity index is 749. The maximum absolute atomic E-state index is 13.6. The summed E-state index contributed by atoms with van der Waals surface area (Å²) in [7, 11) is 1.59. The third-order valence-electron chi connectivity index (χ3n) is 7.40. The molecule has 29 heavy (non-hydrogen) atoms. The molecule has 0 radical (unpaired) electrons. The Morgan fingerprint density at radius 3 is 2.55 bits per heavy atom. The van der Waals surface area contributed by atoms with Gasteiger partial charge in [-0.3, -0.25) is 9.59 Å². The summed E-state index contributed by atoms with van der Waals surface area (Å²) in [6, 6.07) is 7.41. The summed E-state index contributed by atoms with van der Waals surface area (Å²) in [6.45, 7) is 2.23. The second kappa shape index (κ2) is 8.76. The third kappa shape index (κ3) is 4.01. The van der Waals surface area contributed by atoms with Crippen LogP contribution in [-0.4, -0.2) is 41.9 Å². The van der Waals surface area contributed by atoms with Crippen LogP contribution in [0.1, 0.15) is 75.1 Å². The number of methoxy groups -OCH3 is 1. The number of para-hydroxylation sites is 1. The number of benzene rings is 1. The van der Waals surface area contributed by atoms with Crippen LogP contribution in [-0.2, 0) is 4.79 Å². The molecule has 5 heteroatoms. The predicted molar refractivity (Wildman–Crippen MR) is 113 cm³/mol. The second-order valence-electron chi connectivity index (χ2n) is 9.15. The van der Waals surface area contributed by atoms with Crippen molar-refractivity contribution >= 4 is 11.8 Å². The Hall–Kier alpha value is -2.04. The molecule has 3 fully saturated rings. The molecule has 2 saturated carbocycles. The van der Waals surface area contributed by atoms with Crippen LogP contribution >= 0.6 is 0 Å². The standard InChI is InChI=1S/C24H34N2O3/c1-16-9-3-6-12-19(16)25-23(27)21-15-17-10-4-7-13-20(17)26(21)24(28)18-11-5-8-14-22(18)29-2/h5,8,11,14,16-17,19-21H,3-4,6-7,9-10,12-13,15H2,1-2H3,(H,25,27)/t16-,17-,19-,20-,21-/m0/s1. The van der Waals surface area contributed by atoms with E-state index in [2.05, 4.69) is 12.2 Å². The van der Waals surface area contributed by atoms with Gasteiger partial charge in [0.2, 0.25) is 5.91 Å². The van der Waals surface area contributed by atoms with Gasteiger partial charge in [-0.2, -0.15) is 0 Å². The molecular formula is C24H34N2O3. The third-order valence-corrected chi connectivity index (χ3v) is 7.40. The number of likely N-dealkylation sites (tertiary alicyclic amines) is 1. The summed E-state index contributed by atoms with van der Waals surface area (Å²) in [5.74, 6) is 1.50. The summed E-state index contributed by atoms with van der Waals surface area (Å²) in [5.41, 5.74) is 0.560. The zero-order chi connectivity index (χ0) is 20.4. The van der Waals surface area contributed by atoms with Crippen molar-refractivity contribution in [3.8, 4) is 5.75 Å². The lowest BCUT2D eigenvalue weighted by Crippen LogP contribution is -2.52. The van der Waals surface area contributed by atoms with E-state index < -0.39 is 0 Å². The van der Waals surface area contributed by atoms with Gasteiger partial charge in [0.1, 0.15) is 11.8 Å². The molecule has 0 aromatic heterocycles. The quantitative estimate of drug-likeness (QED) is 0.828. The molecule has 1 saturated heterocycles. The molecule has 1 heterocycles. The van der Waals surface area contributed by atoms with Crippen LogP contribution in [0.5, 0.6) is 5.75 Å². The molecule has 0 bridgehead atoms. The fourth-order valence-electron chi connectivity index (χ4n) is 5.76. The van der Waals surface area contributed by atoms with Gasteiger partial charge >= 0.3 is 0 Å². The lowest BCUT2D eigenvalue weighted by atomic mass is 9.84. The lowest BCUT2D eigenvalue weighted by molar-refractivity contribution is -0.126. The topological polar surface area (TPSA) is 58.6 Å². The number of carbonyl (C=O) groups is 2. The summed E-state index contributed by atoms with van der Waals surface area (Å²) in [6.07, 6.45) is 9.88. The smallest absolute Gasteiger partial charge is 0.258 e. The Kier molecular flexibility index (Phi) is 6.12. The zero-order valence-corrected chi connectivity index (χ0v) is 17.7. The highest BCUT2D eigenvalue weighted by Crippen LogP contribution is 2.41. The highest BCUT2D eigenvalue weighted by molar-refractivity contribution is 6.00. The minimum atomic E-state index is -0.366. The number of amides is 2. The van der Waals surface area contributed by atoms with Crippen molar-refractivity contribution in [1.29, 1.82) is 0 Å². The highest BCUT2D eigenvalue weighted by atomic mass is 16.5. The molecular weight excluding hydrogens is 364 g/mol. The zero-order valence-electron chi connectivity index (χ0n) is 17.7. The molecule has 2 amide bonds. The number of ether oxygens (including phenoxy) is 1. The van der Waals surface area contributed by atoms with Gasteiger partial charge in [-0.1, -0.05) is 44.7 Å². The van der Waals surface area contributed by atoms with Crippen molar-refractivity contribution in [2.75, 3.05) is 7.11 Å². The first kappa shape index (κ1) is 20.2. The molecule has 4 rings (SSSR count). The van der Waals surface area contributed by atoms with Crippen molar-refractivity contribution in [2.45, 2.75) is 82.8 Å². The van der Waals surface area contributed by atoms with Gasteiger partial charge < -0.3 is 15.0 Å². The molecule has 158 valence electrons. The Morgan fingerprint density at radius 1 is 1.03 bits per heavy atom. The van der Waals surface area contributed by atoms with Crippen LogP contribution in [0.25, 0.3) is 0 Å². The van der Waals surface area contributed by atoms with Gasteiger partial charge in [0, 0.05) is 12.1 Å². The van der Waals surface area contributed by atoms with Crippen LogP contribution in [0.4, 0.5) is 0 Å². The lowest BCUT2D eigenvalue weighted by Gasteiger charge is -2.35. The van der Waals surface area contributed by atoms with Crippen molar-refractivity contribution in [3.63, 3.8) is 0 Å². The van der Waals surface area contributed by atoms with Crippen molar-refractivity contribution in [3.05, 3.63) is 29.8 Å². The molecule has 0 unspecified atom stereocenters. The Morgan fingerprint density at radius 2 is 1.76 bits per heavy atom. The number of rotatable bonds is 4. The number of hydrogen-bond acceptors (Lipinski definition) is 3. The Balaban J connectivity index is 1.59. The molecule has 1 N–H and O–H groups in total. The van der Waals surface area contributed by atoms with E-state index in [-0.39, 0.29) is 29.9 Å². The average molecular weight is 399 g/mol. The van der Waals surface area contributed by atoms with Crippen molar-refractivity contribution < 1.29 is 14.3 Å². The van der Waals surface area contributed by atoms with Crippen molar-refractivity contribution in [1.82, 2.24) is 10.2 Å². The molecule has 5 atom stereocenters. The van der Waals surface area contributed by atoms with E-state index in [4.69, 9.17) is 4.74 Å². The molecule has 0 spiro atoms. The first-order valence-corrected chi connectivity index (χ1v) is 11.4. The van der Waals surface area contributed by atoms with E-state index in [0.717, 1.165) is 32.1 Å². The molecule has 1 aliphatic heterocycles. The summed E-state index contributed by atoms with van der Waals surface area (Å²) < 4.78 is 5.45. The van der Waals surface area contributed by atoms with Gasteiger partial charge in [-0.25, -0.2) is 0 Å². The number of nitrogens with zero attached hydrogens (tertiary/aromatic N) is 1. The molecule has 1 aromatic carbocycles. The largest absolute Gasteiger partial charge is 0.496 e. The van der Waals surface area contributed by atoms with E-state index >= 15 is 0 Å². The van der Waals surface area contributed by atoms with E-state index in [1.807, 2.05) is 29.2 Å². The van der Waals surface area contributed by atoms with Gasteiger partial charge in [-0.05, 0) is 56.1 Å². The summed E-state index contributed by atoms with van der Waals surface area (Å²) >= 11 is 0. The Labute approximate surface area is 174 Å². The number of fused-ring (bicyclic) bond motifs is 1. The summed E-state index contributed by atoms with van der Waals surface area (Å²) in [4.78, 5) is 28.9. The maximum Gasteiger partial charge on any atom is 0.258 e. The van der Waals surface area contributed by atoms with E-state index in [9.17, 15) is 9.59 Å². The summed E-state index contributed by atoms with van der Waals surface area (Å²) in [5, 5.41) is 3.32. The minimum Gasteiger partial charge on any atom is -0.496 e. The van der Waals surface area contributed by atoms with Gasteiger partial charge in [0.05, 0.1) is 12.7 Å². The van der Waals surface area contributed by atoms with Crippen LogP contribution in [0.3, 0.4) is 0 Å². The molecule has 1 aromatic rings. The number of hydrogen-bond donors (Lipinski definition) is 1. The predicted octanol–water partition coefficient (Wildman–Crippen LogP) is 4.16. The minimum absolute atomic E-state index is 0.0430. The average Bonchev–Trinajstić information content (AvgIpc) is 3.14. The van der Waals surface area contributed by atoms with E-state index in [0.29, 0.717) is 23.1 Å². The van der Waals surface area contributed by atoms with Crippen LogP contribution in [0, 0.1) is 11.8 Å². The highest BCUT2D eigenvalue weighted by Gasteiger charge is 2.48. The fraction of sp³-hybridized carbons (Fsp3) is 0.667. The van der Waals surface area contributed by atoms with Crippen LogP contribution in [0.15, 0.2) is 24.3 Å². The molecule has 5 nitrogen and oxygen atoms in total. The van der Waals surface area contributed by atoms with Gasteiger partial charge in [-0.15, -0.1) is 0 Å². The monoisotopic (exact) mass is 398 g/mol. The van der Waals surface area contributed by atoms with Crippen LogP contribution in [0.2, 0.25) is 0 Å². The maximum atomic E-state index is 13.6. The first-order chi connectivity index (χ1) is 14.1. The van der Waals surface area contributed by atoms with Gasteiger partial charge in [0.25, 0.3) is 5.91 Å². The first-order valence-electron chi connectivity index (χ1n) is 11.4. The van der Waals surface area contributed by atoms with Gasteiger partial charge in [0.15, 0.2) is 0 Å². The normalized spacial score (nSPS) is 31.8. The number of nitrogens with one attached hydrogen (secondary N) is 1. The SMILES string of the molecule is COc1ccccc1C(=O)N1[C@H](C(=O)N[C@H]2CCCC[C@@H]2C)C[C@@H]2CCCC[C@@H]21. The molecule has 2 aliphatic carbocycles. The molecule has 3 aliphatic rings. The van der Waals surface area contributed by atoms with Crippen LogP contribution < -0.4 is 10.1 Å². The van der Waals surface area contributed by atoms with E-state index in [1.54, 1.807) is 7.11 Å². The second-order valence-corrected chi connectivity index (χ2v) is 9.15. The van der Waals surface area contributed by atoms with E-state index in [1.165, 1.54) is 25.7 Å².